The van der Waals surface area contributed by atoms with Gasteiger partial charge in [-0.25, -0.2) is 0 Å². The second-order valence-corrected chi connectivity index (χ2v) is 5.55. The van der Waals surface area contributed by atoms with Crippen molar-refractivity contribution in [2.75, 3.05) is 26.3 Å². The van der Waals surface area contributed by atoms with Crippen LogP contribution < -0.4 is 0 Å². The monoisotopic (exact) mass is 292 g/mol. The van der Waals surface area contributed by atoms with Gasteiger partial charge in [0.15, 0.2) is 5.78 Å². The van der Waals surface area contributed by atoms with Crippen LogP contribution in [-0.4, -0.2) is 42.0 Å². The van der Waals surface area contributed by atoms with Gasteiger partial charge in [-0.1, -0.05) is 11.6 Å². The van der Waals surface area contributed by atoms with Crippen LogP contribution in [0.1, 0.15) is 23.0 Å². The molecule has 1 fully saturated rings. The van der Waals surface area contributed by atoms with Crippen molar-refractivity contribution in [3.8, 4) is 0 Å². The molecule has 5 heteroatoms. The Balaban J connectivity index is 2.00. The summed E-state index contributed by atoms with van der Waals surface area (Å²) in [5.41, 5.74) is 2.69. The van der Waals surface area contributed by atoms with E-state index in [9.17, 15) is 4.79 Å². The molecular weight excluding hydrogens is 276 g/mol. The zero-order valence-corrected chi connectivity index (χ0v) is 12.2. The van der Waals surface area contributed by atoms with Crippen LogP contribution >= 0.6 is 11.6 Å². The highest BCUT2D eigenvalue weighted by Gasteiger charge is 2.19. The third-order valence-corrected chi connectivity index (χ3v) is 3.91. The van der Waals surface area contributed by atoms with Gasteiger partial charge < -0.3 is 9.72 Å². The lowest BCUT2D eigenvalue weighted by atomic mass is 10.1. The SMILES string of the molecule is CC(=O)c1c(CN2CCOCC2)[nH]c2ccc(Cl)cc12. The van der Waals surface area contributed by atoms with E-state index in [1.807, 2.05) is 18.2 Å². The molecule has 1 saturated heterocycles. The smallest absolute Gasteiger partial charge is 0.162 e. The molecule has 0 amide bonds. The maximum atomic E-state index is 12.0. The first kappa shape index (κ1) is 13.6. The summed E-state index contributed by atoms with van der Waals surface area (Å²) >= 11 is 6.04. The third kappa shape index (κ3) is 2.59. The molecule has 2 aromatic rings. The largest absolute Gasteiger partial charge is 0.379 e. The van der Waals surface area contributed by atoms with Crippen molar-refractivity contribution in [2.24, 2.45) is 0 Å². The molecule has 0 atom stereocenters. The number of hydrogen-bond donors (Lipinski definition) is 1. The number of aromatic nitrogens is 1. The van der Waals surface area contributed by atoms with Crippen LogP contribution in [-0.2, 0) is 11.3 Å². The average molecular weight is 293 g/mol. The van der Waals surface area contributed by atoms with Crippen LogP contribution in [0.15, 0.2) is 18.2 Å². The normalized spacial score (nSPS) is 16.7. The van der Waals surface area contributed by atoms with Crippen LogP contribution in [0, 0.1) is 0 Å². The van der Waals surface area contributed by atoms with Gasteiger partial charge in [-0.05, 0) is 25.1 Å². The Kier molecular flexibility index (Phi) is 3.78. The summed E-state index contributed by atoms with van der Waals surface area (Å²) in [7, 11) is 0. The predicted octanol–water partition coefficient (Wildman–Crippen LogP) is 2.86. The Hall–Kier alpha value is -1.36. The van der Waals surface area contributed by atoms with Crippen LogP contribution in [0.3, 0.4) is 0 Å². The van der Waals surface area contributed by atoms with Gasteiger partial charge >= 0.3 is 0 Å². The lowest BCUT2D eigenvalue weighted by molar-refractivity contribution is 0.0336. The highest BCUT2D eigenvalue weighted by molar-refractivity contribution is 6.31. The molecule has 20 heavy (non-hydrogen) atoms. The molecule has 0 bridgehead atoms. The van der Waals surface area contributed by atoms with E-state index in [4.69, 9.17) is 16.3 Å². The minimum atomic E-state index is 0.0711. The van der Waals surface area contributed by atoms with E-state index in [1.165, 1.54) is 0 Å². The molecule has 1 aliphatic heterocycles. The molecule has 1 aromatic heterocycles. The van der Waals surface area contributed by atoms with Crippen molar-refractivity contribution < 1.29 is 9.53 Å². The van der Waals surface area contributed by atoms with Crippen LogP contribution in [0.2, 0.25) is 5.02 Å². The average Bonchev–Trinajstić information content (AvgIpc) is 2.77. The minimum Gasteiger partial charge on any atom is -0.379 e. The number of benzene rings is 1. The van der Waals surface area contributed by atoms with E-state index < -0.39 is 0 Å². The molecule has 0 spiro atoms. The number of aromatic amines is 1. The molecule has 0 saturated carbocycles. The summed E-state index contributed by atoms with van der Waals surface area (Å²) < 4.78 is 5.35. The summed E-state index contributed by atoms with van der Waals surface area (Å²) in [5, 5.41) is 1.56. The maximum absolute atomic E-state index is 12.0. The highest BCUT2D eigenvalue weighted by atomic mass is 35.5. The van der Waals surface area contributed by atoms with E-state index in [-0.39, 0.29) is 5.78 Å². The number of rotatable bonds is 3. The number of Topliss-reactive ketones (excluding diaryl/α,β-unsaturated/α-hetero) is 1. The van der Waals surface area contributed by atoms with E-state index in [0.29, 0.717) is 5.02 Å². The Morgan fingerprint density at radius 2 is 2.15 bits per heavy atom. The van der Waals surface area contributed by atoms with Gasteiger partial charge in [0.25, 0.3) is 0 Å². The molecule has 2 heterocycles. The molecule has 0 radical (unpaired) electrons. The Bertz CT molecular complexity index is 645. The fraction of sp³-hybridized carbons (Fsp3) is 0.400. The quantitative estimate of drug-likeness (QED) is 0.885. The molecule has 1 N–H and O–H groups in total. The summed E-state index contributed by atoms with van der Waals surface area (Å²) in [6.07, 6.45) is 0. The number of carbonyl (C=O) groups excluding carboxylic acids is 1. The summed E-state index contributed by atoms with van der Waals surface area (Å²) in [4.78, 5) is 17.6. The van der Waals surface area contributed by atoms with Crippen molar-refractivity contribution >= 4 is 28.3 Å². The highest BCUT2D eigenvalue weighted by Crippen LogP contribution is 2.27. The number of halogens is 1. The van der Waals surface area contributed by atoms with Crippen LogP contribution in [0.5, 0.6) is 0 Å². The maximum Gasteiger partial charge on any atom is 0.162 e. The number of ether oxygens (including phenoxy) is 1. The van der Waals surface area contributed by atoms with Gasteiger partial charge in [-0.3, -0.25) is 9.69 Å². The van der Waals surface area contributed by atoms with Gasteiger partial charge in [-0.15, -0.1) is 0 Å². The third-order valence-electron chi connectivity index (χ3n) is 3.68. The Morgan fingerprint density at radius 3 is 2.85 bits per heavy atom. The number of nitrogens with zero attached hydrogens (tertiary/aromatic N) is 1. The van der Waals surface area contributed by atoms with E-state index in [2.05, 4.69) is 9.88 Å². The van der Waals surface area contributed by atoms with E-state index in [0.717, 1.165) is 55.0 Å². The molecule has 0 unspecified atom stereocenters. The van der Waals surface area contributed by atoms with E-state index >= 15 is 0 Å². The van der Waals surface area contributed by atoms with E-state index in [1.54, 1.807) is 6.92 Å². The molecule has 1 aliphatic rings. The lowest BCUT2D eigenvalue weighted by Gasteiger charge is -2.26. The van der Waals surface area contributed by atoms with Crippen LogP contribution in [0.4, 0.5) is 0 Å². The summed E-state index contributed by atoms with van der Waals surface area (Å²) in [5.74, 6) is 0.0711. The minimum absolute atomic E-state index is 0.0711. The van der Waals surface area contributed by atoms with Crippen molar-refractivity contribution in [1.82, 2.24) is 9.88 Å². The Labute approximate surface area is 122 Å². The first-order valence-electron chi connectivity index (χ1n) is 6.76. The number of hydrogen-bond acceptors (Lipinski definition) is 3. The van der Waals surface area contributed by atoms with Crippen molar-refractivity contribution in [3.05, 3.63) is 34.5 Å². The van der Waals surface area contributed by atoms with Gasteiger partial charge in [0.05, 0.1) is 13.2 Å². The lowest BCUT2D eigenvalue weighted by Crippen LogP contribution is -2.36. The number of H-pyrrole nitrogens is 1. The molecule has 0 aliphatic carbocycles. The molecule has 4 nitrogen and oxygen atoms in total. The number of carbonyl (C=O) groups is 1. The van der Waals surface area contributed by atoms with Gasteiger partial charge in [0, 0.05) is 46.8 Å². The standard InChI is InChI=1S/C15H17ClN2O2/c1-10(19)15-12-8-11(16)2-3-13(12)17-14(15)9-18-4-6-20-7-5-18/h2-3,8,17H,4-7,9H2,1H3. The Morgan fingerprint density at radius 1 is 1.40 bits per heavy atom. The number of nitrogens with one attached hydrogen (secondary N) is 1. The molecule has 3 rings (SSSR count). The second kappa shape index (κ2) is 5.56. The van der Waals surface area contributed by atoms with Crippen LogP contribution in [0.25, 0.3) is 10.9 Å². The molecule has 106 valence electrons. The van der Waals surface area contributed by atoms with Gasteiger partial charge in [0.2, 0.25) is 0 Å². The van der Waals surface area contributed by atoms with Gasteiger partial charge in [0.1, 0.15) is 0 Å². The molecule has 1 aromatic carbocycles. The topological polar surface area (TPSA) is 45.3 Å². The zero-order chi connectivity index (χ0) is 14.1. The number of fused-ring (bicyclic) bond motifs is 1. The fourth-order valence-electron chi connectivity index (χ4n) is 2.72. The first-order valence-corrected chi connectivity index (χ1v) is 7.14. The molecular formula is C15H17ClN2O2. The zero-order valence-electron chi connectivity index (χ0n) is 11.4. The van der Waals surface area contributed by atoms with Crippen molar-refractivity contribution in [1.29, 1.82) is 0 Å². The number of ketones is 1. The predicted molar refractivity (Wildman–Crippen MR) is 79.4 cm³/mol. The van der Waals surface area contributed by atoms with Gasteiger partial charge in [-0.2, -0.15) is 0 Å². The van der Waals surface area contributed by atoms with Crippen molar-refractivity contribution in [2.45, 2.75) is 13.5 Å². The van der Waals surface area contributed by atoms with Crippen molar-refractivity contribution in [3.63, 3.8) is 0 Å². The summed E-state index contributed by atoms with van der Waals surface area (Å²) in [6, 6.07) is 5.61. The first-order chi connectivity index (χ1) is 9.65. The fourth-order valence-corrected chi connectivity index (χ4v) is 2.90. The second-order valence-electron chi connectivity index (χ2n) is 5.11. The summed E-state index contributed by atoms with van der Waals surface area (Å²) in [6.45, 7) is 5.64. The number of morpholine rings is 1.